The first-order valence-electron chi connectivity index (χ1n) is 5.52. The van der Waals surface area contributed by atoms with Gasteiger partial charge in [-0.1, -0.05) is 18.5 Å². The molecule has 0 amide bonds. The summed E-state index contributed by atoms with van der Waals surface area (Å²) in [7, 11) is 0. The molecule has 84 valence electrons. The second-order valence-electron chi connectivity index (χ2n) is 3.86. The van der Waals surface area contributed by atoms with Crippen molar-refractivity contribution >= 4 is 11.8 Å². The molecular weight excluding hydrogens is 210 g/mol. The van der Waals surface area contributed by atoms with E-state index in [2.05, 4.69) is 10.1 Å². The number of hydrogen-bond acceptors (Lipinski definition) is 5. The van der Waals surface area contributed by atoms with E-state index in [4.69, 9.17) is 10.3 Å². The lowest BCUT2D eigenvalue weighted by molar-refractivity contribution is 0.347. The van der Waals surface area contributed by atoms with Crippen LogP contribution < -0.4 is 5.73 Å². The normalized spacial score (nSPS) is 24.0. The van der Waals surface area contributed by atoms with Crippen LogP contribution in [-0.2, 0) is 0 Å². The van der Waals surface area contributed by atoms with Gasteiger partial charge in [0.2, 0.25) is 5.89 Å². The summed E-state index contributed by atoms with van der Waals surface area (Å²) in [5.41, 5.74) is 5.83. The fourth-order valence-electron chi connectivity index (χ4n) is 1.65. The average molecular weight is 227 g/mol. The summed E-state index contributed by atoms with van der Waals surface area (Å²) in [4.78, 5) is 4.38. The summed E-state index contributed by atoms with van der Waals surface area (Å²) < 4.78 is 5.17. The summed E-state index contributed by atoms with van der Waals surface area (Å²) in [6, 6.07) is -0.111. The van der Waals surface area contributed by atoms with E-state index < -0.39 is 0 Å². The quantitative estimate of drug-likeness (QED) is 0.859. The minimum absolute atomic E-state index is 0.111. The van der Waals surface area contributed by atoms with E-state index in [1.807, 2.05) is 18.7 Å². The Balaban J connectivity index is 2.05. The van der Waals surface area contributed by atoms with Crippen LogP contribution in [0.3, 0.4) is 0 Å². The van der Waals surface area contributed by atoms with Gasteiger partial charge in [-0.15, -0.1) is 0 Å². The molecule has 2 rings (SSSR count). The monoisotopic (exact) mass is 227 g/mol. The van der Waals surface area contributed by atoms with Gasteiger partial charge in [0.05, 0.1) is 11.3 Å². The van der Waals surface area contributed by atoms with Crippen molar-refractivity contribution in [2.24, 2.45) is 5.73 Å². The van der Waals surface area contributed by atoms with Crippen molar-refractivity contribution in [1.29, 1.82) is 0 Å². The topological polar surface area (TPSA) is 64.9 Å². The van der Waals surface area contributed by atoms with Crippen LogP contribution in [0.4, 0.5) is 0 Å². The van der Waals surface area contributed by atoms with Crippen molar-refractivity contribution < 1.29 is 4.52 Å². The van der Waals surface area contributed by atoms with Gasteiger partial charge in [-0.3, -0.25) is 0 Å². The smallest absolute Gasteiger partial charge is 0.243 e. The molecule has 1 unspecified atom stereocenters. The van der Waals surface area contributed by atoms with Gasteiger partial charge in [0.15, 0.2) is 5.82 Å². The molecule has 0 aliphatic carbocycles. The Morgan fingerprint density at radius 3 is 3.13 bits per heavy atom. The molecule has 1 fully saturated rings. The summed E-state index contributed by atoms with van der Waals surface area (Å²) >= 11 is 1.92. The second-order valence-corrected chi connectivity index (χ2v) is 5.17. The molecule has 2 atom stereocenters. The molecule has 1 saturated heterocycles. The van der Waals surface area contributed by atoms with E-state index in [9.17, 15) is 0 Å². The number of aromatic nitrogens is 2. The second kappa shape index (κ2) is 4.99. The molecule has 0 saturated carbocycles. The minimum Gasteiger partial charge on any atom is -0.338 e. The van der Waals surface area contributed by atoms with E-state index in [0.717, 1.165) is 18.7 Å². The minimum atomic E-state index is -0.111. The zero-order chi connectivity index (χ0) is 10.7. The molecule has 0 radical (unpaired) electrons. The van der Waals surface area contributed by atoms with Gasteiger partial charge in [-0.25, -0.2) is 0 Å². The highest BCUT2D eigenvalue weighted by molar-refractivity contribution is 7.99. The largest absolute Gasteiger partial charge is 0.338 e. The molecule has 4 nitrogen and oxygen atoms in total. The summed E-state index contributed by atoms with van der Waals surface area (Å²) in [6.45, 7) is 2.02. The van der Waals surface area contributed by atoms with Gasteiger partial charge >= 0.3 is 0 Å². The SMILES string of the molecule is CC[C@@H](N)c1nc(C2CCCCS2)no1. The standard InChI is InChI=1S/C10H17N3OS/c1-2-7(11)10-12-9(13-14-10)8-5-3-4-6-15-8/h7-8H,2-6,11H2,1H3/t7-,8?/m1/s1. The molecule has 2 N–H and O–H groups in total. The van der Waals surface area contributed by atoms with Crippen LogP contribution in [0, 0.1) is 0 Å². The van der Waals surface area contributed by atoms with Gasteiger partial charge in [0.25, 0.3) is 0 Å². The maximum absolute atomic E-state index is 5.83. The van der Waals surface area contributed by atoms with Crippen molar-refractivity contribution in [3.8, 4) is 0 Å². The number of nitrogens with two attached hydrogens (primary N) is 1. The van der Waals surface area contributed by atoms with Gasteiger partial charge in [0, 0.05) is 0 Å². The summed E-state index contributed by atoms with van der Waals surface area (Å²) in [5.74, 6) is 2.62. The average Bonchev–Trinajstić information content (AvgIpc) is 2.78. The number of thioether (sulfide) groups is 1. The molecule has 5 heteroatoms. The maximum atomic E-state index is 5.83. The van der Waals surface area contributed by atoms with Crippen molar-refractivity contribution in [3.05, 3.63) is 11.7 Å². The first-order valence-corrected chi connectivity index (χ1v) is 6.56. The van der Waals surface area contributed by atoms with Crippen molar-refractivity contribution in [1.82, 2.24) is 10.1 Å². The lowest BCUT2D eigenvalue weighted by atomic mass is 10.2. The predicted molar refractivity (Wildman–Crippen MR) is 60.6 cm³/mol. The van der Waals surface area contributed by atoms with E-state index in [1.54, 1.807) is 0 Å². The molecule has 1 aliphatic heterocycles. The van der Waals surface area contributed by atoms with Crippen molar-refractivity contribution in [2.75, 3.05) is 5.75 Å². The van der Waals surface area contributed by atoms with Crippen molar-refractivity contribution in [3.63, 3.8) is 0 Å². The fraction of sp³-hybridized carbons (Fsp3) is 0.800. The Labute approximate surface area is 94.0 Å². The van der Waals surface area contributed by atoms with Gasteiger partial charge in [-0.05, 0) is 25.0 Å². The molecule has 0 aromatic carbocycles. The van der Waals surface area contributed by atoms with Crippen LogP contribution in [0.25, 0.3) is 0 Å². The lowest BCUT2D eigenvalue weighted by Gasteiger charge is -2.17. The highest BCUT2D eigenvalue weighted by Crippen LogP contribution is 2.36. The van der Waals surface area contributed by atoms with Crippen LogP contribution in [0.1, 0.15) is 55.6 Å². The molecule has 1 aromatic heterocycles. The maximum Gasteiger partial charge on any atom is 0.243 e. The van der Waals surface area contributed by atoms with Gasteiger partial charge in [-0.2, -0.15) is 16.7 Å². The van der Waals surface area contributed by atoms with E-state index >= 15 is 0 Å². The van der Waals surface area contributed by atoms with Crippen LogP contribution in [-0.4, -0.2) is 15.9 Å². The van der Waals surface area contributed by atoms with E-state index in [0.29, 0.717) is 11.1 Å². The molecule has 1 aromatic rings. The molecule has 0 spiro atoms. The Morgan fingerprint density at radius 1 is 1.60 bits per heavy atom. The van der Waals surface area contributed by atoms with Gasteiger partial charge < -0.3 is 10.3 Å². The fourth-order valence-corrected chi connectivity index (χ4v) is 2.88. The first kappa shape index (κ1) is 11.0. The lowest BCUT2D eigenvalue weighted by Crippen LogP contribution is -2.09. The zero-order valence-corrected chi connectivity index (χ0v) is 9.80. The van der Waals surface area contributed by atoms with Gasteiger partial charge in [0.1, 0.15) is 0 Å². The van der Waals surface area contributed by atoms with E-state index in [1.165, 1.54) is 18.6 Å². The highest BCUT2D eigenvalue weighted by Gasteiger charge is 2.22. The Hall–Kier alpha value is -0.550. The van der Waals surface area contributed by atoms with E-state index in [-0.39, 0.29) is 6.04 Å². The molecule has 15 heavy (non-hydrogen) atoms. The molecule has 0 bridgehead atoms. The van der Waals surface area contributed by atoms with Crippen LogP contribution >= 0.6 is 11.8 Å². The van der Waals surface area contributed by atoms with Crippen LogP contribution in [0.2, 0.25) is 0 Å². The Morgan fingerprint density at radius 2 is 2.47 bits per heavy atom. The summed E-state index contributed by atoms with van der Waals surface area (Å²) in [5, 5.41) is 4.44. The van der Waals surface area contributed by atoms with Crippen molar-refractivity contribution in [2.45, 2.75) is 43.9 Å². The third-order valence-electron chi connectivity index (χ3n) is 2.68. The number of hydrogen-bond donors (Lipinski definition) is 1. The first-order chi connectivity index (χ1) is 7.31. The predicted octanol–water partition coefficient (Wildman–Crippen LogP) is 2.44. The molecule has 1 aliphatic rings. The Kier molecular flexibility index (Phi) is 3.64. The molecule has 2 heterocycles. The third kappa shape index (κ3) is 2.52. The zero-order valence-electron chi connectivity index (χ0n) is 8.98. The molecular formula is C10H17N3OS. The van der Waals surface area contributed by atoms with Crippen LogP contribution in [0.15, 0.2) is 4.52 Å². The highest BCUT2D eigenvalue weighted by atomic mass is 32.2. The number of nitrogens with zero attached hydrogens (tertiary/aromatic N) is 2. The summed E-state index contributed by atoms with van der Waals surface area (Å²) in [6.07, 6.45) is 4.56. The third-order valence-corrected chi connectivity index (χ3v) is 4.06. The number of rotatable bonds is 3. The Bertz CT molecular complexity index is 309. The van der Waals surface area contributed by atoms with Crippen LogP contribution in [0.5, 0.6) is 0 Å².